The lowest BCUT2D eigenvalue weighted by Gasteiger charge is -2.33. The highest BCUT2D eigenvalue weighted by molar-refractivity contribution is 5.74. The maximum absolute atomic E-state index is 13.3. The van der Waals surface area contributed by atoms with E-state index in [0.717, 1.165) is 29.9 Å². The van der Waals surface area contributed by atoms with Crippen molar-refractivity contribution >= 4 is 11.0 Å². The third-order valence-electron chi connectivity index (χ3n) is 7.43. The van der Waals surface area contributed by atoms with Crippen molar-refractivity contribution in [2.45, 2.75) is 44.6 Å². The van der Waals surface area contributed by atoms with Crippen molar-refractivity contribution in [2.24, 2.45) is 23.7 Å². The van der Waals surface area contributed by atoms with Crippen molar-refractivity contribution < 1.29 is 0 Å². The molecule has 1 aromatic carbocycles. The van der Waals surface area contributed by atoms with Crippen LogP contribution in [-0.4, -0.2) is 19.3 Å². The molecule has 5 heteroatoms. The molecule has 0 N–H and O–H groups in total. The van der Waals surface area contributed by atoms with Gasteiger partial charge >= 0.3 is 0 Å². The molecule has 2 aromatic heterocycles. The fourth-order valence-corrected chi connectivity index (χ4v) is 6.31. The summed E-state index contributed by atoms with van der Waals surface area (Å²) in [6, 6.07) is 10.2. The van der Waals surface area contributed by atoms with E-state index in [1.54, 1.807) is 17.2 Å². The average Bonchev–Trinajstić information content (AvgIpc) is 3.21. The van der Waals surface area contributed by atoms with E-state index in [9.17, 15) is 4.79 Å². The van der Waals surface area contributed by atoms with E-state index in [1.807, 2.05) is 34.9 Å². The summed E-state index contributed by atoms with van der Waals surface area (Å²) in [5, 5.41) is 5.08. The maximum Gasteiger partial charge on any atom is 0.264 e. The van der Waals surface area contributed by atoms with Crippen LogP contribution in [0.4, 0.5) is 0 Å². The number of rotatable bonds is 2. The van der Waals surface area contributed by atoms with Gasteiger partial charge in [-0.2, -0.15) is 5.10 Å². The lowest BCUT2D eigenvalue weighted by atomic mass is 9.77. The smallest absolute Gasteiger partial charge is 0.264 e. The molecule has 5 atom stereocenters. The molecular weight excluding hydrogens is 336 g/mol. The normalized spacial score (nSPS) is 32.1. The molecule has 0 saturated heterocycles. The van der Waals surface area contributed by atoms with Gasteiger partial charge in [0.15, 0.2) is 5.65 Å². The number of fused-ring (bicyclic) bond motifs is 3. The first-order valence-electron chi connectivity index (χ1n) is 10.3. The van der Waals surface area contributed by atoms with E-state index in [4.69, 9.17) is 0 Å². The standard InChI is InChI=1S/C22H24N4O/c27-22-19-12-24-26(18-4-2-1-3-5-18)21(19)23-13-25(22)20-7-6-15-8-14-9-16(15)11-17(20)10-14/h1-5,12-17,20H,6-11H2/t14-,15-,16?,17+,20?/m0/s1. The van der Waals surface area contributed by atoms with Crippen molar-refractivity contribution in [3.63, 3.8) is 0 Å². The van der Waals surface area contributed by atoms with Gasteiger partial charge < -0.3 is 0 Å². The van der Waals surface area contributed by atoms with E-state index in [-0.39, 0.29) is 5.56 Å². The van der Waals surface area contributed by atoms with Crippen molar-refractivity contribution in [3.8, 4) is 5.69 Å². The van der Waals surface area contributed by atoms with Gasteiger partial charge in [0.2, 0.25) is 0 Å². The Balaban J connectivity index is 1.43. The highest BCUT2D eigenvalue weighted by atomic mass is 16.1. The van der Waals surface area contributed by atoms with Crippen LogP contribution in [0.3, 0.4) is 0 Å². The molecule has 3 fully saturated rings. The second-order valence-corrected chi connectivity index (χ2v) is 8.82. The molecule has 3 aromatic rings. The summed E-state index contributed by atoms with van der Waals surface area (Å²) in [5.41, 5.74) is 1.66. The number of aromatic nitrogens is 4. The average molecular weight is 360 g/mol. The van der Waals surface area contributed by atoms with Crippen LogP contribution in [0.1, 0.15) is 44.6 Å². The second kappa shape index (κ2) is 5.78. The van der Waals surface area contributed by atoms with Crippen LogP contribution in [0, 0.1) is 23.7 Å². The maximum atomic E-state index is 13.3. The Bertz CT molecular complexity index is 1050. The molecular formula is C22H24N4O. The number of hydrogen-bond acceptors (Lipinski definition) is 3. The Hall–Kier alpha value is -2.43. The SMILES string of the molecule is O=c1c2cnn(-c3ccccc3)c2ncn1C1CC[C@H]2C[C@H]3CC2C[C@H]1C3. The van der Waals surface area contributed by atoms with E-state index >= 15 is 0 Å². The van der Waals surface area contributed by atoms with Crippen LogP contribution in [0.5, 0.6) is 0 Å². The molecule has 0 amide bonds. The van der Waals surface area contributed by atoms with Crippen LogP contribution in [0.15, 0.2) is 47.7 Å². The fraction of sp³-hybridized carbons (Fsp3) is 0.500. The molecule has 6 rings (SSSR count). The Labute approximate surface area is 158 Å². The first-order valence-corrected chi connectivity index (χ1v) is 10.3. The molecule has 0 radical (unpaired) electrons. The minimum absolute atomic E-state index is 0.0740. The molecule has 2 unspecified atom stereocenters. The van der Waals surface area contributed by atoms with Crippen molar-refractivity contribution in [3.05, 3.63) is 53.2 Å². The lowest BCUT2D eigenvalue weighted by molar-refractivity contribution is 0.193. The monoisotopic (exact) mass is 360 g/mol. The number of hydrogen-bond donors (Lipinski definition) is 0. The van der Waals surface area contributed by atoms with Gasteiger partial charge in [-0.25, -0.2) is 9.67 Å². The minimum Gasteiger partial charge on any atom is -0.295 e. The van der Waals surface area contributed by atoms with Crippen LogP contribution in [0.25, 0.3) is 16.7 Å². The molecule has 3 aliphatic carbocycles. The molecule has 138 valence electrons. The van der Waals surface area contributed by atoms with E-state index in [2.05, 4.69) is 10.1 Å². The second-order valence-electron chi connectivity index (χ2n) is 8.82. The Morgan fingerprint density at radius 3 is 2.63 bits per heavy atom. The summed E-state index contributed by atoms with van der Waals surface area (Å²) >= 11 is 0. The summed E-state index contributed by atoms with van der Waals surface area (Å²) in [5.74, 6) is 3.35. The largest absolute Gasteiger partial charge is 0.295 e. The van der Waals surface area contributed by atoms with Crippen molar-refractivity contribution in [1.29, 1.82) is 0 Å². The van der Waals surface area contributed by atoms with Gasteiger partial charge in [0, 0.05) is 6.04 Å². The zero-order valence-electron chi connectivity index (χ0n) is 15.4. The van der Waals surface area contributed by atoms with E-state index in [0.29, 0.717) is 23.0 Å². The summed E-state index contributed by atoms with van der Waals surface area (Å²) in [4.78, 5) is 18.0. The Morgan fingerprint density at radius 2 is 1.74 bits per heavy atom. The zero-order chi connectivity index (χ0) is 18.0. The predicted octanol–water partition coefficient (Wildman–Crippen LogP) is 3.97. The lowest BCUT2D eigenvalue weighted by Crippen LogP contribution is -2.32. The van der Waals surface area contributed by atoms with E-state index < -0.39 is 0 Å². The Kier molecular flexibility index (Phi) is 3.34. The van der Waals surface area contributed by atoms with Crippen LogP contribution in [0.2, 0.25) is 0 Å². The number of para-hydroxylation sites is 1. The first kappa shape index (κ1) is 15.6. The minimum atomic E-state index is 0.0740. The van der Waals surface area contributed by atoms with Gasteiger partial charge in [0.25, 0.3) is 5.56 Å². The third-order valence-corrected chi connectivity index (χ3v) is 7.43. The summed E-state index contributed by atoms with van der Waals surface area (Å²) in [7, 11) is 0. The highest BCUT2D eigenvalue weighted by Gasteiger charge is 2.46. The molecule has 2 heterocycles. The van der Waals surface area contributed by atoms with Gasteiger partial charge in [0.1, 0.15) is 11.7 Å². The number of benzene rings is 1. The fourth-order valence-electron chi connectivity index (χ4n) is 6.31. The van der Waals surface area contributed by atoms with Crippen molar-refractivity contribution in [1.82, 2.24) is 19.3 Å². The topological polar surface area (TPSA) is 52.7 Å². The van der Waals surface area contributed by atoms with E-state index in [1.165, 1.54) is 32.1 Å². The molecule has 0 aliphatic heterocycles. The third kappa shape index (κ3) is 2.33. The van der Waals surface area contributed by atoms with Crippen LogP contribution >= 0.6 is 0 Å². The predicted molar refractivity (Wildman–Crippen MR) is 104 cm³/mol. The first-order chi connectivity index (χ1) is 13.3. The highest BCUT2D eigenvalue weighted by Crippen LogP contribution is 2.55. The van der Waals surface area contributed by atoms with Gasteiger partial charge in [-0.3, -0.25) is 9.36 Å². The molecule has 5 nitrogen and oxygen atoms in total. The molecule has 3 bridgehead atoms. The van der Waals surface area contributed by atoms with Gasteiger partial charge in [-0.05, 0) is 74.3 Å². The van der Waals surface area contributed by atoms with Gasteiger partial charge in [-0.1, -0.05) is 18.2 Å². The van der Waals surface area contributed by atoms with Crippen LogP contribution < -0.4 is 5.56 Å². The van der Waals surface area contributed by atoms with Gasteiger partial charge in [0.05, 0.1) is 11.9 Å². The summed E-state index contributed by atoms with van der Waals surface area (Å²) in [6.45, 7) is 0. The number of nitrogens with zero attached hydrogens (tertiary/aromatic N) is 4. The molecule has 0 spiro atoms. The molecule has 3 aliphatic rings. The zero-order valence-corrected chi connectivity index (χ0v) is 15.4. The quantitative estimate of drug-likeness (QED) is 0.695. The van der Waals surface area contributed by atoms with Crippen molar-refractivity contribution in [2.75, 3.05) is 0 Å². The molecule has 3 saturated carbocycles. The summed E-state index contributed by atoms with van der Waals surface area (Å²) in [6.07, 6.45) is 11.3. The Morgan fingerprint density at radius 1 is 0.926 bits per heavy atom. The summed E-state index contributed by atoms with van der Waals surface area (Å²) < 4.78 is 3.71. The van der Waals surface area contributed by atoms with Crippen LogP contribution in [-0.2, 0) is 0 Å². The van der Waals surface area contributed by atoms with Gasteiger partial charge in [-0.15, -0.1) is 0 Å². The molecule has 27 heavy (non-hydrogen) atoms.